The van der Waals surface area contributed by atoms with E-state index in [9.17, 15) is 4.79 Å². The Bertz CT molecular complexity index is 1050. The molecule has 1 amide bonds. The molecule has 5 rings (SSSR count). The summed E-state index contributed by atoms with van der Waals surface area (Å²) < 4.78 is 10.7. The van der Waals surface area contributed by atoms with Gasteiger partial charge < -0.3 is 24.6 Å². The van der Waals surface area contributed by atoms with Crippen molar-refractivity contribution in [2.75, 3.05) is 43.2 Å². The number of rotatable bonds is 5. The fraction of sp³-hybridized carbons (Fsp3) is 0.273. The van der Waals surface area contributed by atoms with E-state index in [1.165, 1.54) is 0 Å². The lowest BCUT2D eigenvalue weighted by Gasteiger charge is -2.35. The highest BCUT2D eigenvalue weighted by Gasteiger charge is 2.23. The number of pyridine rings is 1. The van der Waals surface area contributed by atoms with Gasteiger partial charge in [-0.15, -0.1) is 10.2 Å². The summed E-state index contributed by atoms with van der Waals surface area (Å²) in [4.78, 5) is 20.8. The number of nitrogens with one attached hydrogen (secondary N) is 1. The number of nitrogens with zero attached hydrogens (tertiary/aromatic N) is 5. The summed E-state index contributed by atoms with van der Waals surface area (Å²) in [5.41, 5.74) is 1.79. The van der Waals surface area contributed by atoms with Gasteiger partial charge in [-0.3, -0.25) is 9.78 Å². The number of aromatic nitrogens is 3. The number of amides is 1. The maximum Gasteiger partial charge on any atom is 0.231 e. The van der Waals surface area contributed by atoms with E-state index in [1.807, 2.05) is 47.4 Å². The molecule has 3 aromatic rings. The highest BCUT2D eigenvalue weighted by molar-refractivity contribution is 5.79. The van der Waals surface area contributed by atoms with Crippen molar-refractivity contribution in [3.8, 4) is 11.5 Å². The lowest BCUT2D eigenvalue weighted by atomic mass is 10.1. The second-order valence-corrected chi connectivity index (χ2v) is 7.38. The molecule has 9 nitrogen and oxygen atoms in total. The third kappa shape index (κ3) is 4.35. The van der Waals surface area contributed by atoms with Gasteiger partial charge in [-0.25, -0.2) is 0 Å². The van der Waals surface area contributed by atoms with Crippen molar-refractivity contribution >= 4 is 23.2 Å². The Kier molecular flexibility index (Phi) is 5.22. The van der Waals surface area contributed by atoms with Crippen LogP contribution in [0.5, 0.6) is 11.5 Å². The third-order valence-corrected chi connectivity index (χ3v) is 5.33. The Hall–Kier alpha value is -3.88. The highest BCUT2D eigenvalue weighted by Crippen LogP contribution is 2.32. The monoisotopic (exact) mass is 418 g/mol. The fourth-order valence-corrected chi connectivity index (χ4v) is 3.67. The molecule has 1 fully saturated rings. The molecule has 0 radical (unpaired) electrons. The highest BCUT2D eigenvalue weighted by atomic mass is 16.7. The number of hydrogen-bond donors (Lipinski definition) is 1. The van der Waals surface area contributed by atoms with Crippen LogP contribution in [0.15, 0.2) is 54.9 Å². The maximum atomic E-state index is 12.7. The van der Waals surface area contributed by atoms with E-state index in [-0.39, 0.29) is 12.7 Å². The first-order valence-corrected chi connectivity index (χ1v) is 10.2. The van der Waals surface area contributed by atoms with Gasteiger partial charge in [0.25, 0.3) is 0 Å². The molecule has 0 bridgehead atoms. The molecule has 2 aromatic heterocycles. The summed E-state index contributed by atoms with van der Waals surface area (Å²) in [6.07, 6.45) is 3.81. The van der Waals surface area contributed by atoms with Crippen LogP contribution in [0.25, 0.3) is 0 Å². The predicted molar refractivity (Wildman–Crippen MR) is 115 cm³/mol. The molecule has 158 valence electrons. The van der Waals surface area contributed by atoms with Crippen LogP contribution in [-0.4, -0.2) is 59.0 Å². The number of carbonyl (C=O) groups is 1. The molecule has 9 heteroatoms. The second-order valence-electron chi connectivity index (χ2n) is 7.38. The minimum absolute atomic E-state index is 0.112. The average Bonchev–Trinajstić information content (AvgIpc) is 3.28. The van der Waals surface area contributed by atoms with Gasteiger partial charge in [-0.2, -0.15) is 0 Å². The zero-order valence-corrected chi connectivity index (χ0v) is 16.9. The van der Waals surface area contributed by atoms with Crippen LogP contribution >= 0.6 is 0 Å². The van der Waals surface area contributed by atoms with Crippen LogP contribution in [0.1, 0.15) is 5.56 Å². The van der Waals surface area contributed by atoms with Gasteiger partial charge in [0.1, 0.15) is 0 Å². The van der Waals surface area contributed by atoms with Crippen molar-refractivity contribution in [3.63, 3.8) is 0 Å². The van der Waals surface area contributed by atoms with Crippen LogP contribution in [-0.2, 0) is 11.2 Å². The van der Waals surface area contributed by atoms with Gasteiger partial charge in [0.15, 0.2) is 23.1 Å². The SMILES string of the molecule is O=C(Cc1ccc2c(c1)OCO2)N1CCN(c2ccc(Nc3cccnc3)nn2)CC1. The van der Waals surface area contributed by atoms with Gasteiger partial charge in [-0.05, 0) is 42.0 Å². The summed E-state index contributed by atoms with van der Waals surface area (Å²) in [6, 6.07) is 13.3. The molecular formula is C22H22N6O3. The molecule has 2 aliphatic heterocycles. The van der Waals surface area contributed by atoms with Gasteiger partial charge in [0, 0.05) is 32.4 Å². The minimum atomic E-state index is 0.112. The van der Waals surface area contributed by atoms with E-state index in [4.69, 9.17) is 9.47 Å². The topological polar surface area (TPSA) is 92.7 Å². The van der Waals surface area contributed by atoms with Gasteiger partial charge >= 0.3 is 0 Å². The van der Waals surface area contributed by atoms with Crippen molar-refractivity contribution in [2.24, 2.45) is 0 Å². The molecule has 31 heavy (non-hydrogen) atoms. The van der Waals surface area contributed by atoms with Crippen LogP contribution in [0.3, 0.4) is 0 Å². The summed E-state index contributed by atoms with van der Waals surface area (Å²) in [7, 11) is 0. The van der Waals surface area contributed by atoms with Crippen LogP contribution in [0.2, 0.25) is 0 Å². The van der Waals surface area contributed by atoms with Crippen molar-refractivity contribution < 1.29 is 14.3 Å². The van der Waals surface area contributed by atoms with E-state index in [0.717, 1.165) is 35.9 Å². The minimum Gasteiger partial charge on any atom is -0.454 e. The predicted octanol–water partition coefficient (Wildman–Crippen LogP) is 2.24. The molecule has 2 aliphatic rings. The molecule has 0 aliphatic carbocycles. The number of carbonyl (C=O) groups excluding carboxylic acids is 1. The Morgan fingerprint density at radius 2 is 1.87 bits per heavy atom. The first kappa shape index (κ1) is 19.1. The van der Waals surface area contributed by atoms with Crippen LogP contribution in [0, 0.1) is 0 Å². The molecule has 1 aromatic carbocycles. The van der Waals surface area contributed by atoms with Gasteiger partial charge in [0.2, 0.25) is 12.7 Å². The normalized spacial score (nSPS) is 15.1. The molecule has 0 spiro atoms. The molecule has 1 saturated heterocycles. The standard InChI is InChI=1S/C22H22N6O3/c29-22(13-16-3-4-18-19(12-16)31-15-30-18)28-10-8-27(9-11-28)21-6-5-20(25-26-21)24-17-2-1-7-23-14-17/h1-7,12,14H,8-11,13,15H2,(H,24,25). The van der Waals surface area contributed by atoms with Crippen molar-refractivity contribution in [1.82, 2.24) is 20.1 Å². The Labute approximate surface area is 179 Å². The largest absolute Gasteiger partial charge is 0.454 e. The van der Waals surface area contributed by atoms with Crippen molar-refractivity contribution in [3.05, 3.63) is 60.4 Å². The zero-order chi connectivity index (χ0) is 21.0. The van der Waals surface area contributed by atoms with E-state index in [2.05, 4.69) is 25.4 Å². The first-order valence-electron chi connectivity index (χ1n) is 10.2. The summed E-state index contributed by atoms with van der Waals surface area (Å²) in [5, 5.41) is 11.8. The molecule has 4 heterocycles. The molecule has 0 saturated carbocycles. The fourth-order valence-electron chi connectivity index (χ4n) is 3.67. The molecule has 1 N–H and O–H groups in total. The quantitative estimate of drug-likeness (QED) is 0.674. The second kappa shape index (κ2) is 8.47. The molecular weight excluding hydrogens is 396 g/mol. The van der Waals surface area contributed by atoms with Gasteiger partial charge in [0.05, 0.1) is 18.3 Å². The number of hydrogen-bond acceptors (Lipinski definition) is 8. The van der Waals surface area contributed by atoms with E-state index >= 15 is 0 Å². The van der Waals surface area contributed by atoms with E-state index in [0.29, 0.717) is 31.1 Å². The number of ether oxygens (including phenoxy) is 2. The number of piperazine rings is 1. The third-order valence-electron chi connectivity index (χ3n) is 5.33. The van der Waals surface area contributed by atoms with Crippen LogP contribution < -0.4 is 19.7 Å². The van der Waals surface area contributed by atoms with Gasteiger partial charge in [-0.1, -0.05) is 6.07 Å². The summed E-state index contributed by atoms with van der Waals surface area (Å²) in [5.74, 6) is 3.01. The Morgan fingerprint density at radius 1 is 1.00 bits per heavy atom. The number of benzene rings is 1. The van der Waals surface area contributed by atoms with E-state index < -0.39 is 0 Å². The summed E-state index contributed by atoms with van der Waals surface area (Å²) >= 11 is 0. The van der Waals surface area contributed by atoms with Crippen molar-refractivity contribution in [1.29, 1.82) is 0 Å². The van der Waals surface area contributed by atoms with Crippen LogP contribution in [0.4, 0.5) is 17.3 Å². The first-order chi connectivity index (χ1) is 15.2. The average molecular weight is 418 g/mol. The van der Waals surface area contributed by atoms with E-state index in [1.54, 1.807) is 12.4 Å². The Balaban J connectivity index is 1.14. The zero-order valence-electron chi connectivity index (χ0n) is 16.9. The lowest BCUT2D eigenvalue weighted by molar-refractivity contribution is -0.130. The number of fused-ring (bicyclic) bond motifs is 1. The Morgan fingerprint density at radius 3 is 2.65 bits per heavy atom. The maximum absolute atomic E-state index is 12.7. The lowest BCUT2D eigenvalue weighted by Crippen LogP contribution is -2.49. The summed E-state index contributed by atoms with van der Waals surface area (Å²) in [6.45, 7) is 2.98. The molecule has 0 unspecified atom stereocenters. The molecule has 0 atom stereocenters. The van der Waals surface area contributed by atoms with Crippen molar-refractivity contribution in [2.45, 2.75) is 6.42 Å². The number of anilines is 3. The smallest absolute Gasteiger partial charge is 0.231 e.